The molecule has 22 heavy (non-hydrogen) atoms. The van der Waals surface area contributed by atoms with E-state index in [0.717, 1.165) is 31.8 Å². The molecule has 2 aliphatic rings. The van der Waals surface area contributed by atoms with Crippen LogP contribution in [0.3, 0.4) is 0 Å². The van der Waals surface area contributed by atoms with Gasteiger partial charge in [-0.1, -0.05) is 44.9 Å². The van der Waals surface area contributed by atoms with Gasteiger partial charge in [0, 0.05) is 18.5 Å². The molecule has 128 valence electrons. The second kappa shape index (κ2) is 10.3. The minimum absolute atomic E-state index is 0.311. The van der Waals surface area contributed by atoms with Crippen LogP contribution in [0.1, 0.15) is 83.5 Å². The third kappa shape index (κ3) is 6.28. The van der Waals surface area contributed by atoms with E-state index in [1.54, 1.807) is 0 Å². The van der Waals surface area contributed by atoms with Crippen molar-refractivity contribution in [3.63, 3.8) is 0 Å². The molecule has 3 nitrogen and oxygen atoms in total. The van der Waals surface area contributed by atoms with Gasteiger partial charge in [0.2, 0.25) is 5.91 Å². The Bertz CT molecular complexity index is 307. The summed E-state index contributed by atoms with van der Waals surface area (Å²) in [5.74, 6) is 0.630. The standard InChI is InChI=1S/C19H36N2O/c1-21(18-13-7-3-8-14-18)16-10-4-9-15-20-19(22)17-11-5-2-6-12-17/h17-18H,2-16H2,1H3,(H,20,22). The zero-order valence-corrected chi connectivity index (χ0v) is 14.6. The van der Waals surface area contributed by atoms with Gasteiger partial charge in [0.1, 0.15) is 0 Å². The number of rotatable bonds is 8. The SMILES string of the molecule is CN(CCCCCNC(=O)C1CCCCC1)C1CCCCC1. The lowest BCUT2D eigenvalue weighted by Crippen LogP contribution is -2.34. The molecule has 0 atom stereocenters. The van der Waals surface area contributed by atoms with Crippen LogP contribution in [0.4, 0.5) is 0 Å². The Balaban J connectivity index is 1.45. The maximum atomic E-state index is 12.0. The summed E-state index contributed by atoms with van der Waals surface area (Å²) >= 11 is 0. The highest BCUT2D eigenvalue weighted by Gasteiger charge is 2.20. The highest BCUT2D eigenvalue weighted by atomic mass is 16.1. The topological polar surface area (TPSA) is 32.3 Å². The van der Waals surface area contributed by atoms with Crippen LogP contribution in [0.5, 0.6) is 0 Å². The lowest BCUT2D eigenvalue weighted by atomic mass is 9.89. The first-order valence-electron chi connectivity index (χ1n) is 9.75. The minimum atomic E-state index is 0.311. The summed E-state index contributed by atoms with van der Waals surface area (Å²) in [6.07, 6.45) is 16.7. The van der Waals surface area contributed by atoms with Crippen LogP contribution in [0.25, 0.3) is 0 Å². The van der Waals surface area contributed by atoms with Crippen molar-refractivity contribution in [1.29, 1.82) is 0 Å². The van der Waals surface area contributed by atoms with Crippen LogP contribution in [-0.2, 0) is 4.79 Å². The van der Waals surface area contributed by atoms with Crippen molar-refractivity contribution in [3.05, 3.63) is 0 Å². The van der Waals surface area contributed by atoms with Gasteiger partial charge in [-0.25, -0.2) is 0 Å². The molecule has 0 bridgehead atoms. The quantitative estimate of drug-likeness (QED) is 0.684. The molecule has 0 aromatic rings. The first-order valence-corrected chi connectivity index (χ1v) is 9.75. The fourth-order valence-corrected chi connectivity index (χ4v) is 4.09. The van der Waals surface area contributed by atoms with Crippen molar-refractivity contribution in [3.8, 4) is 0 Å². The van der Waals surface area contributed by atoms with E-state index in [9.17, 15) is 4.79 Å². The van der Waals surface area contributed by atoms with Crippen LogP contribution < -0.4 is 5.32 Å². The highest BCUT2D eigenvalue weighted by molar-refractivity contribution is 5.78. The van der Waals surface area contributed by atoms with Gasteiger partial charge in [-0.2, -0.15) is 0 Å². The molecule has 2 saturated carbocycles. The second-order valence-corrected chi connectivity index (χ2v) is 7.46. The van der Waals surface area contributed by atoms with Crippen LogP contribution in [0, 0.1) is 5.92 Å². The number of hydrogen-bond donors (Lipinski definition) is 1. The Kier molecular flexibility index (Phi) is 8.28. The fourth-order valence-electron chi connectivity index (χ4n) is 4.09. The Hall–Kier alpha value is -0.570. The van der Waals surface area contributed by atoms with Gasteiger partial charge in [-0.3, -0.25) is 4.79 Å². The highest BCUT2D eigenvalue weighted by Crippen LogP contribution is 2.23. The average molecular weight is 309 g/mol. The van der Waals surface area contributed by atoms with E-state index in [2.05, 4.69) is 17.3 Å². The first kappa shape index (κ1) is 17.8. The number of nitrogens with zero attached hydrogens (tertiary/aromatic N) is 1. The summed E-state index contributed by atoms with van der Waals surface area (Å²) in [4.78, 5) is 14.6. The molecule has 1 N–H and O–H groups in total. The molecule has 2 aliphatic carbocycles. The zero-order valence-electron chi connectivity index (χ0n) is 14.6. The molecular formula is C19H36N2O. The third-order valence-corrected chi connectivity index (χ3v) is 5.66. The van der Waals surface area contributed by atoms with Crippen molar-refractivity contribution in [2.75, 3.05) is 20.1 Å². The number of carbonyl (C=O) groups is 1. The van der Waals surface area contributed by atoms with E-state index in [1.807, 2.05) is 0 Å². The zero-order chi connectivity index (χ0) is 15.6. The predicted molar refractivity (Wildman–Crippen MR) is 92.9 cm³/mol. The Labute approximate surface area is 137 Å². The lowest BCUT2D eigenvalue weighted by molar-refractivity contribution is -0.125. The maximum absolute atomic E-state index is 12.0. The summed E-state index contributed by atoms with van der Waals surface area (Å²) in [5, 5.41) is 3.15. The molecular weight excluding hydrogens is 272 g/mol. The Morgan fingerprint density at radius 3 is 2.23 bits per heavy atom. The van der Waals surface area contributed by atoms with Gasteiger partial charge in [0.15, 0.2) is 0 Å². The summed E-state index contributed by atoms with van der Waals surface area (Å²) < 4.78 is 0. The molecule has 2 rings (SSSR count). The lowest BCUT2D eigenvalue weighted by Gasteiger charge is -2.31. The van der Waals surface area contributed by atoms with Gasteiger partial charge < -0.3 is 10.2 Å². The smallest absolute Gasteiger partial charge is 0.223 e. The van der Waals surface area contributed by atoms with Gasteiger partial charge in [0.05, 0.1) is 0 Å². The summed E-state index contributed by atoms with van der Waals surface area (Å²) in [5.41, 5.74) is 0. The Morgan fingerprint density at radius 1 is 0.909 bits per heavy atom. The normalized spacial score (nSPS) is 21.2. The summed E-state index contributed by atoms with van der Waals surface area (Å²) in [7, 11) is 2.29. The van der Waals surface area contributed by atoms with Crippen LogP contribution >= 0.6 is 0 Å². The number of carbonyl (C=O) groups excluding carboxylic acids is 1. The van der Waals surface area contributed by atoms with E-state index in [1.165, 1.54) is 70.8 Å². The molecule has 0 heterocycles. The maximum Gasteiger partial charge on any atom is 0.223 e. The first-order chi connectivity index (χ1) is 10.8. The van der Waals surface area contributed by atoms with Gasteiger partial charge >= 0.3 is 0 Å². The molecule has 0 spiro atoms. The summed E-state index contributed by atoms with van der Waals surface area (Å²) in [6.45, 7) is 2.10. The molecule has 0 aromatic carbocycles. The predicted octanol–water partition coefficient (Wildman–Crippen LogP) is 4.12. The third-order valence-electron chi connectivity index (χ3n) is 5.66. The number of unbranched alkanes of at least 4 members (excludes halogenated alkanes) is 2. The van der Waals surface area contributed by atoms with E-state index in [-0.39, 0.29) is 0 Å². The van der Waals surface area contributed by atoms with E-state index in [0.29, 0.717) is 11.8 Å². The van der Waals surface area contributed by atoms with E-state index >= 15 is 0 Å². The molecule has 3 heteroatoms. The van der Waals surface area contributed by atoms with Crippen molar-refractivity contribution >= 4 is 5.91 Å². The molecule has 0 aliphatic heterocycles. The minimum Gasteiger partial charge on any atom is -0.356 e. The van der Waals surface area contributed by atoms with Crippen molar-refractivity contribution < 1.29 is 4.79 Å². The van der Waals surface area contributed by atoms with E-state index in [4.69, 9.17) is 0 Å². The van der Waals surface area contributed by atoms with Crippen molar-refractivity contribution in [2.45, 2.75) is 89.5 Å². The van der Waals surface area contributed by atoms with Crippen molar-refractivity contribution in [2.24, 2.45) is 5.92 Å². The van der Waals surface area contributed by atoms with Crippen molar-refractivity contribution in [1.82, 2.24) is 10.2 Å². The number of amides is 1. The monoisotopic (exact) mass is 308 g/mol. The average Bonchev–Trinajstić information content (AvgIpc) is 2.59. The molecule has 0 aromatic heterocycles. The van der Waals surface area contributed by atoms with E-state index < -0.39 is 0 Å². The molecule has 0 radical (unpaired) electrons. The molecule has 1 amide bonds. The van der Waals surface area contributed by atoms with Gasteiger partial charge in [-0.05, 0) is 52.1 Å². The van der Waals surface area contributed by atoms with Crippen LogP contribution in [-0.4, -0.2) is 37.0 Å². The summed E-state index contributed by atoms with van der Waals surface area (Å²) in [6, 6.07) is 0.833. The fraction of sp³-hybridized carbons (Fsp3) is 0.947. The number of hydrogen-bond acceptors (Lipinski definition) is 2. The second-order valence-electron chi connectivity index (χ2n) is 7.46. The van der Waals surface area contributed by atoms with Crippen LogP contribution in [0.2, 0.25) is 0 Å². The molecule has 0 saturated heterocycles. The molecule has 2 fully saturated rings. The molecule has 0 unspecified atom stereocenters. The largest absolute Gasteiger partial charge is 0.356 e. The van der Waals surface area contributed by atoms with Crippen LogP contribution in [0.15, 0.2) is 0 Å². The number of nitrogens with one attached hydrogen (secondary N) is 1. The van der Waals surface area contributed by atoms with Gasteiger partial charge in [0.25, 0.3) is 0 Å². The van der Waals surface area contributed by atoms with Gasteiger partial charge in [-0.15, -0.1) is 0 Å². The Morgan fingerprint density at radius 2 is 1.55 bits per heavy atom.